The molecule has 0 radical (unpaired) electrons. The quantitative estimate of drug-likeness (QED) is 0.808. The Morgan fingerprint density at radius 2 is 1.93 bits per heavy atom. The number of benzene rings is 1. The van der Waals surface area contributed by atoms with Crippen LogP contribution in [0.1, 0.15) is 22.5 Å². The molecule has 2 aliphatic rings. The van der Waals surface area contributed by atoms with Gasteiger partial charge >= 0.3 is 0 Å². The molecule has 2 amide bonds. The highest BCUT2D eigenvalue weighted by Crippen LogP contribution is 2.30. The zero-order valence-electron chi connectivity index (χ0n) is 16.1. The molecule has 1 fully saturated rings. The first-order valence-electron chi connectivity index (χ1n) is 9.68. The van der Waals surface area contributed by atoms with Gasteiger partial charge in [-0.2, -0.15) is 0 Å². The largest absolute Gasteiger partial charge is 0.497 e. The van der Waals surface area contributed by atoms with Gasteiger partial charge in [-0.05, 0) is 48.7 Å². The number of anilines is 1. The highest BCUT2D eigenvalue weighted by molar-refractivity contribution is 5.96. The highest BCUT2D eigenvalue weighted by atomic mass is 16.5. The number of carbonyl (C=O) groups is 2. The van der Waals surface area contributed by atoms with Gasteiger partial charge in [-0.15, -0.1) is 0 Å². The van der Waals surface area contributed by atoms with Crippen LogP contribution in [0.15, 0.2) is 41.0 Å². The Kier molecular flexibility index (Phi) is 5.34. The Morgan fingerprint density at radius 3 is 2.64 bits per heavy atom. The van der Waals surface area contributed by atoms with E-state index in [1.54, 1.807) is 24.1 Å². The molecule has 148 valence electrons. The summed E-state index contributed by atoms with van der Waals surface area (Å²) in [4.78, 5) is 31.1. The number of ether oxygens (including phenoxy) is 1. The highest BCUT2D eigenvalue weighted by Gasteiger charge is 2.28. The maximum absolute atomic E-state index is 12.9. The molecule has 3 heterocycles. The molecular weight excluding hydrogens is 358 g/mol. The summed E-state index contributed by atoms with van der Waals surface area (Å²) >= 11 is 0. The third-order valence-corrected chi connectivity index (χ3v) is 5.46. The topological polar surface area (TPSA) is 66.2 Å². The summed E-state index contributed by atoms with van der Waals surface area (Å²) in [5.41, 5.74) is 2.15. The van der Waals surface area contributed by atoms with E-state index in [1.807, 2.05) is 23.1 Å². The van der Waals surface area contributed by atoms with Crippen LogP contribution >= 0.6 is 0 Å². The van der Waals surface area contributed by atoms with Gasteiger partial charge in [0.25, 0.3) is 5.91 Å². The van der Waals surface area contributed by atoms with Crippen LogP contribution in [-0.4, -0.2) is 68.0 Å². The molecule has 7 heteroatoms. The Balaban J connectivity index is 1.35. The number of fused-ring (bicyclic) bond motifs is 1. The van der Waals surface area contributed by atoms with E-state index in [1.165, 1.54) is 6.26 Å². The lowest BCUT2D eigenvalue weighted by Crippen LogP contribution is -2.52. The molecule has 0 bridgehead atoms. The Morgan fingerprint density at radius 1 is 1.11 bits per heavy atom. The van der Waals surface area contributed by atoms with Gasteiger partial charge in [0.2, 0.25) is 5.91 Å². The second-order valence-corrected chi connectivity index (χ2v) is 7.19. The lowest BCUT2D eigenvalue weighted by molar-refractivity contribution is -0.120. The van der Waals surface area contributed by atoms with E-state index in [4.69, 9.17) is 9.15 Å². The number of piperazine rings is 1. The van der Waals surface area contributed by atoms with Crippen molar-refractivity contribution in [2.45, 2.75) is 12.8 Å². The van der Waals surface area contributed by atoms with Crippen LogP contribution in [0.3, 0.4) is 0 Å². The van der Waals surface area contributed by atoms with E-state index < -0.39 is 0 Å². The van der Waals surface area contributed by atoms with Crippen LogP contribution in [0, 0.1) is 0 Å². The summed E-state index contributed by atoms with van der Waals surface area (Å²) in [6, 6.07) is 9.30. The van der Waals surface area contributed by atoms with Crippen LogP contribution in [-0.2, 0) is 11.2 Å². The van der Waals surface area contributed by atoms with Crippen molar-refractivity contribution in [2.24, 2.45) is 0 Å². The van der Waals surface area contributed by atoms with Gasteiger partial charge in [-0.1, -0.05) is 0 Å². The number of aryl methyl sites for hydroxylation is 1. The molecule has 28 heavy (non-hydrogen) atoms. The second-order valence-electron chi connectivity index (χ2n) is 7.19. The average Bonchev–Trinajstić information content (AvgIpc) is 3.27. The molecule has 1 aromatic carbocycles. The summed E-state index contributed by atoms with van der Waals surface area (Å²) in [6.45, 7) is 3.67. The minimum Gasteiger partial charge on any atom is -0.497 e. The fraction of sp³-hybridized carbons (Fsp3) is 0.429. The second kappa shape index (κ2) is 8.06. The van der Waals surface area contributed by atoms with E-state index in [0.717, 1.165) is 36.4 Å². The Labute approximate surface area is 164 Å². The van der Waals surface area contributed by atoms with E-state index in [-0.39, 0.29) is 11.8 Å². The molecule has 4 rings (SSSR count). The van der Waals surface area contributed by atoms with E-state index in [0.29, 0.717) is 38.5 Å². The predicted molar refractivity (Wildman–Crippen MR) is 105 cm³/mol. The molecule has 0 unspecified atom stereocenters. The third kappa shape index (κ3) is 3.75. The number of carbonyl (C=O) groups excluding carboxylic acids is 2. The van der Waals surface area contributed by atoms with Gasteiger partial charge in [0.05, 0.1) is 19.9 Å². The van der Waals surface area contributed by atoms with Crippen LogP contribution in [0.5, 0.6) is 5.75 Å². The smallest absolute Gasteiger partial charge is 0.289 e. The Hall–Kier alpha value is -2.80. The maximum atomic E-state index is 12.9. The van der Waals surface area contributed by atoms with Crippen LogP contribution in [0.4, 0.5) is 5.69 Å². The monoisotopic (exact) mass is 383 g/mol. The van der Waals surface area contributed by atoms with Crippen LogP contribution < -0.4 is 9.64 Å². The summed E-state index contributed by atoms with van der Waals surface area (Å²) in [6.07, 6.45) is 3.43. The SMILES string of the molecule is COc1ccc2c(c1)CCCN2C(=O)CN1CCN(C(=O)c2ccco2)CC1. The maximum Gasteiger partial charge on any atom is 0.289 e. The van der Waals surface area contributed by atoms with Crippen molar-refractivity contribution in [3.63, 3.8) is 0 Å². The fourth-order valence-corrected chi connectivity index (χ4v) is 3.90. The number of nitrogens with zero attached hydrogens (tertiary/aromatic N) is 3. The normalized spacial score (nSPS) is 17.3. The first-order valence-corrected chi connectivity index (χ1v) is 9.68. The van der Waals surface area contributed by atoms with E-state index >= 15 is 0 Å². The fourth-order valence-electron chi connectivity index (χ4n) is 3.90. The molecule has 2 aliphatic heterocycles. The summed E-state index contributed by atoms with van der Waals surface area (Å²) in [7, 11) is 1.66. The summed E-state index contributed by atoms with van der Waals surface area (Å²) in [5.74, 6) is 1.21. The average molecular weight is 383 g/mol. The lowest BCUT2D eigenvalue weighted by Gasteiger charge is -2.36. The molecule has 1 aromatic heterocycles. The van der Waals surface area contributed by atoms with Gasteiger partial charge in [-0.3, -0.25) is 14.5 Å². The summed E-state index contributed by atoms with van der Waals surface area (Å²) < 4.78 is 10.5. The van der Waals surface area contributed by atoms with Crippen molar-refractivity contribution in [3.8, 4) is 5.75 Å². The standard InChI is InChI=1S/C21H25N3O4/c1-27-17-6-7-18-16(14-17)4-2-8-24(18)20(25)15-22-9-11-23(12-10-22)21(26)19-5-3-13-28-19/h3,5-7,13-14H,2,4,8-12,15H2,1H3. The van der Waals surface area contributed by atoms with Crippen molar-refractivity contribution in [2.75, 3.05) is 51.3 Å². The zero-order valence-corrected chi connectivity index (χ0v) is 16.1. The van der Waals surface area contributed by atoms with Crippen molar-refractivity contribution in [1.29, 1.82) is 0 Å². The van der Waals surface area contributed by atoms with Crippen molar-refractivity contribution in [1.82, 2.24) is 9.80 Å². The molecule has 0 atom stereocenters. The Bertz CT molecular complexity index is 841. The van der Waals surface area contributed by atoms with Crippen molar-refractivity contribution < 1.29 is 18.7 Å². The number of methoxy groups -OCH3 is 1. The molecule has 0 N–H and O–H groups in total. The number of rotatable bonds is 4. The minimum atomic E-state index is -0.0881. The number of amides is 2. The van der Waals surface area contributed by atoms with E-state index in [2.05, 4.69) is 4.90 Å². The molecule has 0 spiro atoms. The predicted octanol–water partition coefficient (Wildman–Crippen LogP) is 2.03. The number of hydrogen-bond acceptors (Lipinski definition) is 5. The number of hydrogen-bond donors (Lipinski definition) is 0. The first kappa shape index (κ1) is 18.6. The lowest BCUT2D eigenvalue weighted by atomic mass is 10.0. The van der Waals surface area contributed by atoms with Gasteiger partial charge in [0, 0.05) is 38.4 Å². The van der Waals surface area contributed by atoms with Gasteiger partial charge in [0.1, 0.15) is 5.75 Å². The molecule has 0 aliphatic carbocycles. The van der Waals surface area contributed by atoms with Crippen molar-refractivity contribution >= 4 is 17.5 Å². The minimum absolute atomic E-state index is 0.0881. The van der Waals surface area contributed by atoms with Gasteiger partial charge < -0.3 is 19.0 Å². The van der Waals surface area contributed by atoms with Gasteiger partial charge in [0.15, 0.2) is 5.76 Å². The van der Waals surface area contributed by atoms with E-state index in [9.17, 15) is 9.59 Å². The van der Waals surface area contributed by atoms with Gasteiger partial charge in [-0.25, -0.2) is 0 Å². The van der Waals surface area contributed by atoms with Crippen molar-refractivity contribution in [3.05, 3.63) is 47.9 Å². The molecule has 0 saturated carbocycles. The van der Waals surface area contributed by atoms with Crippen LogP contribution in [0.2, 0.25) is 0 Å². The van der Waals surface area contributed by atoms with Crippen LogP contribution in [0.25, 0.3) is 0 Å². The zero-order chi connectivity index (χ0) is 19.5. The molecular formula is C21H25N3O4. The first-order chi connectivity index (χ1) is 13.7. The molecule has 7 nitrogen and oxygen atoms in total. The third-order valence-electron chi connectivity index (χ3n) is 5.46. The summed E-state index contributed by atoms with van der Waals surface area (Å²) in [5, 5.41) is 0. The molecule has 1 saturated heterocycles. The molecule has 2 aromatic rings. The number of furan rings is 1.